The van der Waals surface area contributed by atoms with E-state index in [1.165, 1.54) is 135 Å². The van der Waals surface area contributed by atoms with E-state index in [1.54, 1.807) is 0 Å². The van der Waals surface area contributed by atoms with E-state index in [9.17, 15) is 0 Å². The van der Waals surface area contributed by atoms with Crippen molar-refractivity contribution in [3.8, 4) is 0 Å². The van der Waals surface area contributed by atoms with Gasteiger partial charge in [-0.2, -0.15) is 0 Å². The minimum Gasteiger partial charge on any atom is -0.0654 e. The van der Waals surface area contributed by atoms with E-state index in [0.29, 0.717) is 0 Å². The van der Waals surface area contributed by atoms with Crippen molar-refractivity contribution < 1.29 is 0 Å². The van der Waals surface area contributed by atoms with Gasteiger partial charge in [0, 0.05) is 0 Å². The van der Waals surface area contributed by atoms with E-state index in [2.05, 4.69) is 20.8 Å². The highest BCUT2D eigenvalue weighted by Gasteiger charge is 1.96. The summed E-state index contributed by atoms with van der Waals surface area (Å²) in [5.74, 6) is 0.899. The molecule has 0 amide bonds. The third kappa shape index (κ3) is 24.0. The van der Waals surface area contributed by atoms with Gasteiger partial charge in [0.2, 0.25) is 0 Å². The van der Waals surface area contributed by atoms with E-state index in [-0.39, 0.29) is 0 Å². The molecule has 0 aromatic carbocycles. The van der Waals surface area contributed by atoms with Crippen molar-refractivity contribution in [2.45, 2.75) is 156 Å². The minimum atomic E-state index is 0.899. The molecule has 0 saturated heterocycles. The Labute approximate surface area is 161 Å². The lowest BCUT2D eigenvalue weighted by molar-refractivity contribution is 0.501. The van der Waals surface area contributed by atoms with E-state index in [0.717, 1.165) is 5.92 Å². The van der Waals surface area contributed by atoms with Crippen molar-refractivity contribution >= 4 is 0 Å². The van der Waals surface area contributed by atoms with Gasteiger partial charge in [-0.1, -0.05) is 156 Å². The SMILES string of the molecule is CCCCCCCCCCCCCCCCCCCCCCC(C)C. The van der Waals surface area contributed by atoms with Crippen LogP contribution < -0.4 is 0 Å². The Kier molecular flexibility index (Phi) is 22.0. The molecule has 0 N–H and O–H groups in total. The van der Waals surface area contributed by atoms with Crippen LogP contribution in [0.25, 0.3) is 0 Å². The third-order valence-corrected chi connectivity index (χ3v) is 5.64. The average molecular weight is 353 g/mol. The van der Waals surface area contributed by atoms with Gasteiger partial charge < -0.3 is 0 Å². The third-order valence-electron chi connectivity index (χ3n) is 5.64. The Bertz CT molecular complexity index is 218. The summed E-state index contributed by atoms with van der Waals surface area (Å²) in [6.07, 6.45) is 30.9. The maximum Gasteiger partial charge on any atom is -0.0471 e. The lowest BCUT2D eigenvalue weighted by Crippen LogP contribution is -1.87. The Morgan fingerprint density at radius 2 is 0.600 bits per heavy atom. The van der Waals surface area contributed by atoms with Crippen LogP contribution in [0.2, 0.25) is 0 Å². The van der Waals surface area contributed by atoms with Crippen LogP contribution in [-0.4, -0.2) is 0 Å². The zero-order valence-electron chi connectivity index (χ0n) is 18.4. The highest BCUT2D eigenvalue weighted by atomic mass is 14.0. The van der Waals surface area contributed by atoms with Crippen molar-refractivity contribution in [2.24, 2.45) is 5.92 Å². The molecule has 0 atom stereocenters. The van der Waals surface area contributed by atoms with Crippen LogP contribution in [0.4, 0.5) is 0 Å². The van der Waals surface area contributed by atoms with Crippen LogP contribution in [0.3, 0.4) is 0 Å². The molecule has 0 aliphatic carbocycles. The van der Waals surface area contributed by atoms with Crippen LogP contribution in [0.15, 0.2) is 0 Å². The summed E-state index contributed by atoms with van der Waals surface area (Å²) in [7, 11) is 0. The number of unbranched alkanes of at least 4 members (excludes halogenated alkanes) is 19. The Morgan fingerprint density at radius 3 is 0.840 bits per heavy atom. The second-order valence-electron chi connectivity index (χ2n) is 8.90. The zero-order valence-corrected chi connectivity index (χ0v) is 18.4. The van der Waals surface area contributed by atoms with E-state index in [4.69, 9.17) is 0 Å². The summed E-state index contributed by atoms with van der Waals surface area (Å²) in [5, 5.41) is 0. The molecule has 0 unspecified atom stereocenters. The molecular formula is C25H52. The topological polar surface area (TPSA) is 0 Å². The molecule has 0 aromatic rings. The maximum atomic E-state index is 2.34. The first-order chi connectivity index (χ1) is 12.3. The normalized spacial score (nSPS) is 11.5. The Balaban J connectivity index is 2.96. The smallest absolute Gasteiger partial charge is 0.0471 e. The number of rotatable bonds is 21. The Morgan fingerprint density at radius 1 is 0.360 bits per heavy atom. The van der Waals surface area contributed by atoms with Gasteiger partial charge in [0.15, 0.2) is 0 Å². The quantitative estimate of drug-likeness (QED) is 0.180. The van der Waals surface area contributed by atoms with Gasteiger partial charge in [0.25, 0.3) is 0 Å². The highest BCUT2D eigenvalue weighted by Crippen LogP contribution is 2.15. The van der Waals surface area contributed by atoms with E-state index < -0.39 is 0 Å². The largest absolute Gasteiger partial charge is 0.0654 e. The molecule has 0 saturated carbocycles. The summed E-state index contributed by atoms with van der Waals surface area (Å²) in [6, 6.07) is 0. The molecular weight excluding hydrogens is 300 g/mol. The van der Waals surface area contributed by atoms with Crippen molar-refractivity contribution in [2.75, 3.05) is 0 Å². The van der Waals surface area contributed by atoms with E-state index in [1.807, 2.05) is 0 Å². The average Bonchev–Trinajstić information content (AvgIpc) is 2.60. The van der Waals surface area contributed by atoms with Gasteiger partial charge in [-0.05, 0) is 5.92 Å². The van der Waals surface area contributed by atoms with Gasteiger partial charge in [-0.25, -0.2) is 0 Å². The molecule has 25 heavy (non-hydrogen) atoms. The van der Waals surface area contributed by atoms with Crippen LogP contribution in [0.5, 0.6) is 0 Å². The van der Waals surface area contributed by atoms with Gasteiger partial charge in [-0.3, -0.25) is 0 Å². The van der Waals surface area contributed by atoms with Crippen molar-refractivity contribution in [1.82, 2.24) is 0 Å². The van der Waals surface area contributed by atoms with Crippen molar-refractivity contribution in [1.29, 1.82) is 0 Å². The maximum absolute atomic E-state index is 2.34. The fraction of sp³-hybridized carbons (Fsp3) is 1.00. The molecule has 0 aliphatic heterocycles. The van der Waals surface area contributed by atoms with Gasteiger partial charge in [0.1, 0.15) is 0 Å². The van der Waals surface area contributed by atoms with Crippen LogP contribution in [0.1, 0.15) is 156 Å². The standard InChI is InChI=1S/C25H52/c1-4-5-6-7-8-9-10-11-12-13-14-15-16-17-18-19-20-21-22-23-24-25(2)3/h25H,4-24H2,1-3H3. The Hall–Kier alpha value is 0. The van der Waals surface area contributed by atoms with Crippen LogP contribution in [-0.2, 0) is 0 Å². The van der Waals surface area contributed by atoms with Gasteiger partial charge >= 0.3 is 0 Å². The lowest BCUT2D eigenvalue weighted by Gasteiger charge is -2.05. The van der Waals surface area contributed by atoms with Crippen LogP contribution in [0, 0.1) is 5.92 Å². The zero-order chi connectivity index (χ0) is 18.4. The number of hydrogen-bond acceptors (Lipinski definition) is 0. The van der Waals surface area contributed by atoms with Gasteiger partial charge in [-0.15, -0.1) is 0 Å². The summed E-state index contributed by atoms with van der Waals surface area (Å²) in [5.41, 5.74) is 0. The molecule has 0 fully saturated rings. The van der Waals surface area contributed by atoms with Crippen molar-refractivity contribution in [3.05, 3.63) is 0 Å². The molecule has 0 aromatic heterocycles. The number of hydrogen-bond donors (Lipinski definition) is 0. The highest BCUT2D eigenvalue weighted by molar-refractivity contribution is 4.51. The van der Waals surface area contributed by atoms with E-state index >= 15 is 0 Å². The lowest BCUT2D eigenvalue weighted by atomic mass is 10.0. The summed E-state index contributed by atoms with van der Waals surface area (Å²) in [4.78, 5) is 0. The monoisotopic (exact) mass is 352 g/mol. The first kappa shape index (κ1) is 25.0. The molecule has 0 heteroatoms. The molecule has 0 heterocycles. The van der Waals surface area contributed by atoms with Gasteiger partial charge in [0.05, 0.1) is 0 Å². The molecule has 0 aliphatic rings. The second-order valence-corrected chi connectivity index (χ2v) is 8.90. The predicted molar refractivity (Wildman–Crippen MR) is 117 cm³/mol. The summed E-state index contributed by atoms with van der Waals surface area (Å²) >= 11 is 0. The summed E-state index contributed by atoms with van der Waals surface area (Å²) in [6.45, 7) is 6.99. The first-order valence-electron chi connectivity index (χ1n) is 12.3. The molecule has 0 radical (unpaired) electrons. The fourth-order valence-corrected chi connectivity index (χ4v) is 3.81. The molecule has 0 nitrogen and oxygen atoms in total. The fourth-order valence-electron chi connectivity index (χ4n) is 3.81. The predicted octanol–water partition coefficient (Wildman–Crippen LogP) is 9.85. The molecule has 0 bridgehead atoms. The summed E-state index contributed by atoms with van der Waals surface area (Å²) < 4.78 is 0. The minimum absolute atomic E-state index is 0.899. The molecule has 0 spiro atoms. The second kappa shape index (κ2) is 22.0. The van der Waals surface area contributed by atoms with Crippen molar-refractivity contribution in [3.63, 3.8) is 0 Å². The first-order valence-corrected chi connectivity index (χ1v) is 12.3. The van der Waals surface area contributed by atoms with Crippen LogP contribution >= 0.6 is 0 Å². The molecule has 0 rings (SSSR count). The molecule has 152 valence electrons.